The number of benzene rings is 1. The lowest BCUT2D eigenvalue weighted by atomic mass is 10.0. The predicted molar refractivity (Wildman–Crippen MR) is 79.4 cm³/mol. The van der Waals surface area contributed by atoms with Gasteiger partial charge in [0.2, 0.25) is 0 Å². The molecule has 1 fully saturated rings. The first-order valence-electron chi connectivity index (χ1n) is 6.70. The van der Waals surface area contributed by atoms with Gasteiger partial charge in [0, 0.05) is 30.4 Å². The molecule has 1 unspecified atom stereocenters. The Balaban J connectivity index is 1.66. The van der Waals surface area contributed by atoms with Crippen molar-refractivity contribution in [1.82, 2.24) is 10.2 Å². The van der Waals surface area contributed by atoms with Crippen molar-refractivity contribution in [3.05, 3.63) is 35.2 Å². The van der Waals surface area contributed by atoms with Crippen LogP contribution in [0.25, 0.3) is 10.1 Å². The number of hydrogen-bond acceptors (Lipinski definition) is 3. The number of hydrogen-bond donors (Lipinski definition) is 1. The van der Waals surface area contributed by atoms with Gasteiger partial charge in [-0.25, -0.2) is 0 Å². The molecule has 3 heteroatoms. The molecule has 2 aromatic rings. The molecule has 1 aliphatic rings. The van der Waals surface area contributed by atoms with Gasteiger partial charge >= 0.3 is 0 Å². The second-order valence-corrected chi connectivity index (χ2v) is 6.12. The summed E-state index contributed by atoms with van der Waals surface area (Å²) < 4.78 is 1.42. The van der Waals surface area contributed by atoms with E-state index in [0.29, 0.717) is 6.04 Å². The Morgan fingerprint density at radius 2 is 2.28 bits per heavy atom. The quantitative estimate of drug-likeness (QED) is 0.913. The van der Waals surface area contributed by atoms with Crippen LogP contribution in [0.15, 0.2) is 29.6 Å². The zero-order chi connectivity index (χ0) is 12.4. The fourth-order valence-electron chi connectivity index (χ4n) is 2.74. The van der Waals surface area contributed by atoms with Gasteiger partial charge in [-0.1, -0.05) is 18.2 Å². The average Bonchev–Trinajstić information content (AvgIpc) is 2.80. The van der Waals surface area contributed by atoms with Crippen LogP contribution < -0.4 is 5.32 Å². The fourth-order valence-corrected chi connectivity index (χ4v) is 3.74. The summed E-state index contributed by atoms with van der Waals surface area (Å²) in [6, 6.07) is 9.39. The van der Waals surface area contributed by atoms with E-state index in [1.807, 2.05) is 11.3 Å². The van der Waals surface area contributed by atoms with Crippen molar-refractivity contribution in [2.75, 3.05) is 26.7 Å². The summed E-state index contributed by atoms with van der Waals surface area (Å²) in [6.07, 6.45) is 2.43. The van der Waals surface area contributed by atoms with Gasteiger partial charge in [0.25, 0.3) is 0 Å². The monoisotopic (exact) mass is 260 g/mol. The molecule has 0 radical (unpaired) electrons. The third kappa shape index (κ3) is 2.58. The lowest BCUT2D eigenvalue weighted by molar-refractivity contribution is 0.232. The topological polar surface area (TPSA) is 15.3 Å². The van der Waals surface area contributed by atoms with E-state index in [9.17, 15) is 0 Å². The van der Waals surface area contributed by atoms with Gasteiger partial charge in [-0.2, -0.15) is 0 Å². The molecule has 1 N–H and O–H groups in total. The molecule has 1 saturated heterocycles. The zero-order valence-electron chi connectivity index (χ0n) is 10.9. The molecule has 18 heavy (non-hydrogen) atoms. The third-order valence-electron chi connectivity index (χ3n) is 3.78. The number of likely N-dealkylation sites (N-methyl/N-ethyl adjacent to an activating group) is 1. The van der Waals surface area contributed by atoms with Crippen molar-refractivity contribution in [3.8, 4) is 0 Å². The number of thiophene rings is 1. The molecule has 1 aliphatic heterocycles. The van der Waals surface area contributed by atoms with Crippen molar-refractivity contribution < 1.29 is 0 Å². The first-order chi connectivity index (χ1) is 8.83. The van der Waals surface area contributed by atoms with E-state index in [4.69, 9.17) is 0 Å². The van der Waals surface area contributed by atoms with Crippen LogP contribution in [-0.4, -0.2) is 37.6 Å². The van der Waals surface area contributed by atoms with E-state index in [1.165, 1.54) is 41.6 Å². The molecule has 1 aromatic carbocycles. The molecule has 96 valence electrons. The van der Waals surface area contributed by atoms with Crippen LogP contribution in [0, 0.1) is 0 Å². The molecule has 1 aromatic heterocycles. The lowest BCUT2D eigenvalue weighted by Gasteiger charge is -2.30. The van der Waals surface area contributed by atoms with Crippen LogP contribution in [0.5, 0.6) is 0 Å². The number of piperazine rings is 1. The van der Waals surface area contributed by atoms with Crippen LogP contribution in [0.4, 0.5) is 0 Å². The Kier molecular flexibility index (Phi) is 3.64. The summed E-state index contributed by atoms with van der Waals surface area (Å²) in [5, 5.41) is 7.40. The number of aryl methyl sites for hydroxylation is 1. The van der Waals surface area contributed by atoms with E-state index in [1.54, 1.807) is 0 Å². The normalized spacial score (nSPS) is 21.5. The SMILES string of the molecule is CN1CCNC(CCc2csc3ccccc23)C1. The smallest absolute Gasteiger partial charge is 0.0345 e. The van der Waals surface area contributed by atoms with Gasteiger partial charge in [0.15, 0.2) is 0 Å². The van der Waals surface area contributed by atoms with Crippen molar-refractivity contribution in [1.29, 1.82) is 0 Å². The summed E-state index contributed by atoms with van der Waals surface area (Å²) in [6.45, 7) is 3.49. The minimum atomic E-state index is 0.655. The van der Waals surface area contributed by atoms with E-state index in [2.05, 4.69) is 46.9 Å². The molecule has 2 heterocycles. The molecule has 0 saturated carbocycles. The molecular formula is C15H20N2S. The Hall–Kier alpha value is -0.900. The van der Waals surface area contributed by atoms with Gasteiger partial charge in [-0.15, -0.1) is 11.3 Å². The van der Waals surface area contributed by atoms with Crippen molar-refractivity contribution >= 4 is 21.4 Å². The highest BCUT2D eigenvalue weighted by atomic mass is 32.1. The minimum absolute atomic E-state index is 0.655. The van der Waals surface area contributed by atoms with Crippen molar-refractivity contribution in [2.24, 2.45) is 0 Å². The Bertz CT molecular complexity index is 520. The number of nitrogens with one attached hydrogen (secondary N) is 1. The van der Waals surface area contributed by atoms with Gasteiger partial charge < -0.3 is 10.2 Å². The van der Waals surface area contributed by atoms with Gasteiger partial charge in [0.05, 0.1) is 0 Å². The van der Waals surface area contributed by atoms with Crippen LogP contribution >= 0.6 is 11.3 Å². The number of fused-ring (bicyclic) bond motifs is 1. The largest absolute Gasteiger partial charge is 0.311 e. The van der Waals surface area contributed by atoms with E-state index >= 15 is 0 Å². The van der Waals surface area contributed by atoms with E-state index in [-0.39, 0.29) is 0 Å². The Morgan fingerprint density at radius 3 is 3.17 bits per heavy atom. The Labute approximate surface area is 113 Å². The predicted octanol–water partition coefficient (Wildman–Crippen LogP) is 2.74. The highest BCUT2D eigenvalue weighted by Gasteiger charge is 2.16. The summed E-state index contributed by atoms with van der Waals surface area (Å²) >= 11 is 1.87. The molecule has 0 bridgehead atoms. The van der Waals surface area contributed by atoms with Crippen LogP contribution in [0.1, 0.15) is 12.0 Å². The standard InChI is InChI=1S/C15H20N2S/c1-17-9-8-16-13(10-17)7-6-12-11-18-15-5-3-2-4-14(12)15/h2-5,11,13,16H,6-10H2,1H3. The average molecular weight is 260 g/mol. The molecule has 3 rings (SSSR count). The van der Waals surface area contributed by atoms with E-state index in [0.717, 1.165) is 6.54 Å². The molecule has 0 amide bonds. The van der Waals surface area contributed by atoms with Gasteiger partial charge in [-0.3, -0.25) is 0 Å². The summed E-state index contributed by atoms with van der Waals surface area (Å²) in [7, 11) is 2.22. The molecule has 2 nitrogen and oxygen atoms in total. The first-order valence-corrected chi connectivity index (χ1v) is 7.58. The second kappa shape index (κ2) is 5.39. The number of rotatable bonds is 3. The molecule has 0 spiro atoms. The number of nitrogens with zero attached hydrogens (tertiary/aromatic N) is 1. The van der Waals surface area contributed by atoms with Crippen LogP contribution in [0.3, 0.4) is 0 Å². The zero-order valence-corrected chi connectivity index (χ0v) is 11.7. The van der Waals surface area contributed by atoms with Crippen LogP contribution in [0.2, 0.25) is 0 Å². The first kappa shape index (κ1) is 12.2. The third-order valence-corrected chi connectivity index (χ3v) is 4.79. The van der Waals surface area contributed by atoms with Crippen LogP contribution in [-0.2, 0) is 6.42 Å². The van der Waals surface area contributed by atoms with Crippen molar-refractivity contribution in [3.63, 3.8) is 0 Å². The highest BCUT2D eigenvalue weighted by Crippen LogP contribution is 2.26. The lowest BCUT2D eigenvalue weighted by Crippen LogP contribution is -2.49. The highest BCUT2D eigenvalue weighted by molar-refractivity contribution is 7.17. The molecule has 1 atom stereocenters. The molecular weight excluding hydrogens is 240 g/mol. The second-order valence-electron chi connectivity index (χ2n) is 5.21. The summed E-state index contributed by atoms with van der Waals surface area (Å²) in [5.41, 5.74) is 1.52. The Morgan fingerprint density at radius 1 is 1.39 bits per heavy atom. The van der Waals surface area contributed by atoms with E-state index < -0.39 is 0 Å². The summed E-state index contributed by atoms with van der Waals surface area (Å²) in [4.78, 5) is 2.42. The maximum atomic E-state index is 3.62. The molecule has 0 aliphatic carbocycles. The maximum Gasteiger partial charge on any atom is 0.0345 e. The van der Waals surface area contributed by atoms with Gasteiger partial charge in [0.1, 0.15) is 0 Å². The maximum absolute atomic E-state index is 3.62. The summed E-state index contributed by atoms with van der Waals surface area (Å²) in [5.74, 6) is 0. The minimum Gasteiger partial charge on any atom is -0.311 e. The van der Waals surface area contributed by atoms with Crippen molar-refractivity contribution in [2.45, 2.75) is 18.9 Å². The fraction of sp³-hybridized carbons (Fsp3) is 0.467. The van der Waals surface area contributed by atoms with Gasteiger partial charge in [-0.05, 0) is 42.3 Å².